The normalized spacial score (nSPS) is 10.4. The van der Waals surface area contributed by atoms with Gasteiger partial charge in [0.25, 0.3) is 0 Å². The Morgan fingerprint density at radius 3 is 2.60 bits per heavy atom. The third-order valence-electron chi connectivity index (χ3n) is 2.36. The van der Waals surface area contributed by atoms with E-state index in [0.29, 0.717) is 17.2 Å². The van der Waals surface area contributed by atoms with Gasteiger partial charge in [0, 0.05) is 5.69 Å². The smallest absolute Gasteiger partial charge is 0.332 e. The largest absolute Gasteiger partial charge is 0.457 e. The molecule has 0 saturated heterocycles. The van der Waals surface area contributed by atoms with E-state index in [9.17, 15) is 4.79 Å². The fourth-order valence-corrected chi connectivity index (χ4v) is 1.50. The Kier molecular flexibility index (Phi) is 4.18. The zero-order chi connectivity index (χ0) is 14.4. The van der Waals surface area contributed by atoms with Crippen molar-refractivity contribution in [3.8, 4) is 11.5 Å². The minimum atomic E-state index is -0.712. The molecule has 0 radical (unpaired) electrons. The summed E-state index contributed by atoms with van der Waals surface area (Å²) in [6.45, 7) is 0. The second-order valence-corrected chi connectivity index (χ2v) is 3.98. The van der Waals surface area contributed by atoms with Gasteiger partial charge in [0.2, 0.25) is 0 Å². The Bertz CT molecular complexity index is 623. The molecule has 0 spiro atoms. The average Bonchev–Trinajstić information content (AvgIpc) is 2.41. The van der Waals surface area contributed by atoms with Gasteiger partial charge in [-0.05, 0) is 42.0 Å². The number of primary amides is 1. The monoisotopic (exact) mass is 270 g/mol. The topological polar surface area (TPSA) is 103 Å². The van der Waals surface area contributed by atoms with E-state index in [1.807, 2.05) is 18.2 Å². The molecule has 0 aliphatic heterocycles. The number of hydrazone groups is 1. The highest BCUT2D eigenvalue weighted by molar-refractivity contribution is 5.81. The fourth-order valence-electron chi connectivity index (χ4n) is 1.50. The van der Waals surface area contributed by atoms with Gasteiger partial charge in [-0.1, -0.05) is 12.1 Å². The van der Waals surface area contributed by atoms with Crippen LogP contribution >= 0.6 is 0 Å². The molecule has 2 aromatic rings. The molecule has 0 heterocycles. The van der Waals surface area contributed by atoms with Crippen molar-refractivity contribution in [3.05, 3.63) is 54.1 Å². The lowest BCUT2D eigenvalue weighted by atomic mass is 10.2. The summed E-state index contributed by atoms with van der Waals surface area (Å²) in [6, 6.07) is 13.6. The highest BCUT2D eigenvalue weighted by Gasteiger charge is 1.98. The summed E-state index contributed by atoms with van der Waals surface area (Å²) in [6.07, 6.45) is 1.47. The molecule has 6 nitrogen and oxygen atoms in total. The van der Waals surface area contributed by atoms with Crippen molar-refractivity contribution in [2.45, 2.75) is 0 Å². The van der Waals surface area contributed by atoms with Gasteiger partial charge in [-0.25, -0.2) is 10.2 Å². The van der Waals surface area contributed by atoms with E-state index >= 15 is 0 Å². The number of nitrogen functional groups attached to an aromatic ring is 1. The van der Waals surface area contributed by atoms with Crippen LogP contribution in [0.15, 0.2) is 53.6 Å². The average molecular weight is 270 g/mol. The van der Waals surface area contributed by atoms with E-state index < -0.39 is 6.03 Å². The van der Waals surface area contributed by atoms with Crippen molar-refractivity contribution in [2.75, 3.05) is 5.73 Å². The third kappa shape index (κ3) is 4.02. The number of rotatable bonds is 4. The zero-order valence-electron chi connectivity index (χ0n) is 10.6. The lowest BCUT2D eigenvalue weighted by molar-refractivity contribution is 0.249. The molecule has 0 atom stereocenters. The number of ether oxygens (including phenoxy) is 1. The number of urea groups is 1. The summed E-state index contributed by atoms with van der Waals surface area (Å²) < 4.78 is 5.67. The van der Waals surface area contributed by atoms with Crippen molar-refractivity contribution in [1.82, 2.24) is 5.43 Å². The molecule has 5 N–H and O–H groups in total. The maximum absolute atomic E-state index is 10.5. The number of nitrogens with zero attached hydrogens (tertiary/aromatic N) is 1. The summed E-state index contributed by atoms with van der Waals surface area (Å²) in [5, 5.41) is 3.68. The predicted octanol–water partition coefficient (Wildman–Crippen LogP) is 2.06. The van der Waals surface area contributed by atoms with E-state index in [1.54, 1.807) is 30.3 Å². The molecular weight excluding hydrogens is 256 g/mol. The first-order chi connectivity index (χ1) is 9.63. The number of amides is 2. The van der Waals surface area contributed by atoms with Gasteiger partial charge in [-0.15, -0.1) is 0 Å². The Labute approximate surface area is 116 Å². The summed E-state index contributed by atoms with van der Waals surface area (Å²) >= 11 is 0. The number of carbonyl (C=O) groups excluding carboxylic acids is 1. The first-order valence-electron chi connectivity index (χ1n) is 5.85. The summed E-state index contributed by atoms with van der Waals surface area (Å²) in [4.78, 5) is 10.5. The van der Waals surface area contributed by atoms with Gasteiger partial charge in [-0.2, -0.15) is 5.10 Å². The highest BCUT2D eigenvalue weighted by atomic mass is 16.5. The van der Waals surface area contributed by atoms with Crippen LogP contribution in [0.2, 0.25) is 0 Å². The molecule has 2 amide bonds. The van der Waals surface area contributed by atoms with E-state index in [2.05, 4.69) is 10.5 Å². The van der Waals surface area contributed by atoms with Crippen LogP contribution < -0.4 is 21.6 Å². The molecule has 0 fully saturated rings. The second-order valence-electron chi connectivity index (χ2n) is 3.98. The molecule has 20 heavy (non-hydrogen) atoms. The number of anilines is 1. The van der Waals surface area contributed by atoms with Crippen LogP contribution in [0, 0.1) is 0 Å². The summed E-state index contributed by atoms with van der Waals surface area (Å²) in [5.74, 6) is 1.33. The van der Waals surface area contributed by atoms with Crippen LogP contribution in [0.3, 0.4) is 0 Å². The Morgan fingerprint density at radius 2 is 1.90 bits per heavy atom. The third-order valence-corrected chi connectivity index (χ3v) is 2.36. The van der Waals surface area contributed by atoms with Crippen molar-refractivity contribution in [1.29, 1.82) is 0 Å². The molecule has 0 unspecified atom stereocenters. The lowest BCUT2D eigenvalue weighted by Gasteiger charge is -2.06. The molecule has 102 valence electrons. The molecule has 2 rings (SSSR count). The quantitative estimate of drug-likeness (QED) is 0.450. The van der Waals surface area contributed by atoms with Crippen molar-refractivity contribution < 1.29 is 9.53 Å². The maximum Gasteiger partial charge on any atom is 0.332 e. The van der Waals surface area contributed by atoms with E-state index in [0.717, 1.165) is 5.56 Å². The second kappa shape index (κ2) is 6.24. The van der Waals surface area contributed by atoms with Crippen LogP contribution in [0.4, 0.5) is 10.5 Å². The van der Waals surface area contributed by atoms with E-state index in [1.165, 1.54) is 6.21 Å². The predicted molar refractivity (Wildman–Crippen MR) is 77.7 cm³/mol. The van der Waals surface area contributed by atoms with Crippen LogP contribution in [0.5, 0.6) is 11.5 Å². The van der Waals surface area contributed by atoms with Gasteiger partial charge < -0.3 is 16.2 Å². The Balaban J connectivity index is 2.07. The van der Waals surface area contributed by atoms with E-state index in [-0.39, 0.29) is 0 Å². The molecule has 6 heteroatoms. The van der Waals surface area contributed by atoms with Gasteiger partial charge in [0.05, 0.1) is 6.21 Å². The Hall–Kier alpha value is -3.02. The molecule has 0 aliphatic carbocycles. The van der Waals surface area contributed by atoms with Crippen LogP contribution in [0.1, 0.15) is 5.56 Å². The minimum absolute atomic E-state index is 0.651. The van der Waals surface area contributed by atoms with Gasteiger partial charge in [-0.3, -0.25) is 0 Å². The SMILES string of the molecule is NC(=O)NN=Cc1cccc(Oc2ccc(N)cc2)c1. The highest BCUT2D eigenvalue weighted by Crippen LogP contribution is 2.22. The van der Waals surface area contributed by atoms with E-state index in [4.69, 9.17) is 16.2 Å². The lowest BCUT2D eigenvalue weighted by Crippen LogP contribution is -2.24. The fraction of sp³-hybridized carbons (Fsp3) is 0. The molecule has 0 aliphatic rings. The van der Waals surface area contributed by atoms with Gasteiger partial charge in [0.15, 0.2) is 0 Å². The number of benzene rings is 2. The van der Waals surface area contributed by atoms with Crippen LogP contribution in [-0.4, -0.2) is 12.2 Å². The molecule has 0 aromatic heterocycles. The molecule has 2 aromatic carbocycles. The molecule has 0 bridgehead atoms. The van der Waals surface area contributed by atoms with Crippen LogP contribution in [0.25, 0.3) is 0 Å². The van der Waals surface area contributed by atoms with Gasteiger partial charge >= 0.3 is 6.03 Å². The number of nitrogens with two attached hydrogens (primary N) is 2. The van der Waals surface area contributed by atoms with Crippen molar-refractivity contribution in [2.24, 2.45) is 10.8 Å². The number of carbonyl (C=O) groups is 1. The first kappa shape index (κ1) is 13.4. The first-order valence-corrected chi connectivity index (χ1v) is 5.85. The zero-order valence-corrected chi connectivity index (χ0v) is 10.6. The Morgan fingerprint density at radius 1 is 1.15 bits per heavy atom. The summed E-state index contributed by atoms with van der Waals surface area (Å²) in [5.41, 5.74) is 14.1. The summed E-state index contributed by atoms with van der Waals surface area (Å²) in [7, 11) is 0. The molecule has 0 saturated carbocycles. The maximum atomic E-state index is 10.5. The minimum Gasteiger partial charge on any atom is -0.457 e. The standard InChI is InChI=1S/C14H14N4O2/c15-11-4-6-12(7-5-11)20-13-3-1-2-10(8-13)9-17-18-14(16)19/h1-9H,15H2,(H3,16,18,19). The number of nitrogens with one attached hydrogen (secondary N) is 1. The molecular formula is C14H14N4O2. The van der Waals surface area contributed by atoms with Crippen molar-refractivity contribution >= 4 is 17.9 Å². The number of hydrogen-bond acceptors (Lipinski definition) is 4. The van der Waals surface area contributed by atoms with Crippen molar-refractivity contribution in [3.63, 3.8) is 0 Å². The number of hydrogen-bond donors (Lipinski definition) is 3. The van der Waals surface area contributed by atoms with Crippen LogP contribution in [-0.2, 0) is 0 Å². The van der Waals surface area contributed by atoms with Gasteiger partial charge in [0.1, 0.15) is 11.5 Å².